The van der Waals surface area contributed by atoms with E-state index in [0.717, 1.165) is 6.29 Å². The molecule has 12 heavy (non-hydrogen) atoms. The molecule has 0 aliphatic carbocycles. The summed E-state index contributed by atoms with van der Waals surface area (Å²) in [5.74, 6) is 0.367. The zero-order valence-electron chi connectivity index (χ0n) is 7.06. The van der Waals surface area contributed by atoms with Gasteiger partial charge in [-0.1, -0.05) is 0 Å². The first-order valence-electron chi connectivity index (χ1n) is 3.93. The third kappa shape index (κ3) is 2.28. The molecule has 0 spiro atoms. The Labute approximate surface area is 72.5 Å². The molecule has 1 fully saturated rings. The molecule has 0 aromatic heterocycles. The van der Waals surface area contributed by atoms with E-state index in [1.54, 1.807) is 0 Å². The van der Waals surface area contributed by atoms with Crippen LogP contribution in [0.5, 0.6) is 0 Å². The second kappa shape index (κ2) is 3.53. The average molecular weight is 191 g/mol. The Morgan fingerprint density at radius 3 is 2.75 bits per heavy atom. The minimum Gasteiger partial charge on any atom is -0.302 e. The Balaban J connectivity index is 2.59. The number of hydrogen-bond acceptors (Lipinski definition) is 4. The summed E-state index contributed by atoms with van der Waals surface area (Å²) < 4.78 is 22.2. The summed E-state index contributed by atoms with van der Waals surface area (Å²) in [6.45, 7) is 2.67. The third-order valence-electron chi connectivity index (χ3n) is 2.12. The summed E-state index contributed by atoms with van der Waals surface area (Å²) in [5, 5.41) is 0. The molecule has 1 unspecified atom stereocenters. The summed E-state index contributed by atoms with van der Waals surface area (Å²) >= 11 is 0. The smallest absolute Gasteiger partial charge is 0.153 e. The molecule has 1 rings (SSSR count). The third-order valence-corrected chi connectivity index (χ3v) is 3.91. The summed E-state index contributed by atoms with van der Waals surface area (Å²) in [6, 6.07) is -0.0195. The lowest BCUT2D eigenvalue weighted by molar-refractivity contribution is -0.109. The van der Waals surface area contributed by atoms with Crippen molar-refractivity contribution in [2.45, 2.75) is 13.0 Å². The fourth-order valence-corrected chi connectivity index (χ4v) is 3.03. The zero-order chi connectivity index (χ0) is 9.19. The fourth-order valence-electron chi connectivity index (χ4n) is 1.40. The molecule has 0 radical (unpaired) electrons. The van der Waals surface area contributed by atoms with Crippen LogP contribution in [0.1, 0.15) is 6.92 Å². The molecular formula is C7H13NO3S. The highest BCUT2D eigenvalue weighted by Crippen LogP contribution is 2.09. The lowest BCUT2D eigenvalue weighted by atomic mass is 10.3. The summed E-state index contributed by atoms with van der Waals surface area (Å²) in [4.78, 5) is 12.1. The lowest BCUT2D eigenvalue weighted by Gasteiger charge is -2.31. The Kier molecular flexibility index (Phi) is 2.85. The van der Waals surface area contributed by atoms with Crippen LogP contribution in [0.15, 0.2) is 0 Å². The van der Waals surface area contributed by atoms with Gasteiger partial charge in [0.2, 0.25) is 0 Å². The minimum absolute atomic E-state index is 0.0195. The van der Waals surface area contributed by atoms with Crippen LogP contribution in [0.2, 0.25) is 0 Å². The Hall–Kier alpha value is -0.420. The van der Waals surface area contributed by atoms with E-state index in [2.05, 4.69) is 0 Å². The van der Waals surface area contributed by atoms with E-state index in [1.165, 1.54) is 0 Å². The minimum atomic E-state index is -2.84. The van der Waals surface area contributed by atoms with Gasteiger partial charge in [0.15, 0.2) is 9.84 Å². The van der Waals surface area contributed by atoms with Crippen LogP contribution in [0.3, 0.4) is 0 Å². The Bertz CT molecular complexity index is 260. The van der Waals surface area contributed by atoms with Crippen LogP contribution in [0.4, 0.5) is 0 Å². The topological polar surface area (TPSA) is 54.5 Å². The van der Waals surface area contributed by atoms with E-state index < -0.39 is 9.84 Å². The maximum Gasteiger partial charge on any atom is 0.153 e. The second-order valence-corrected chi connectivity index (χ2v) is 5.35. The van der Waals surface area contributed by atoms with Crippen molar-refractivity contribution >= 4 is 16.1 Å². The number of rotatable bonds is 2. The number of nitrogens with zero attached hydrogens (tertiary/aromatic N) is 1. The van der Waals surface area contributed by atoms with Crippen molar-refractivity contribution < 1.29 is 13.2 Å². The summed E-state index contributed by atoms with van der Waals surface area (Å²) in [5.41, 5.74) is 0. The van der Waals surface area contributed by atoms with Gasteiger partial charge in [0.05, 0.1) is 18.1 Å². The fraction of sp³-hybridized carbons (Fsp3) is 0.857. The molecule has 1 aliphatic heterocycles. The summed E-state index contributed by atoms with van der Waals surface area (Å²) in [6.07, 6.45) is 0.814. The number of hydrogen-bond donors (Lipinski definition) is 0. The first kappa shape index (κ1) is 9.67. The van der Waals surface area contributed by atoms with Crippen LogP contribution >= 0.6 is 0 Å². The van der Waals surface area contributed by atoms with Gasteiger partial charge < -0.3 is 4.79 Å². The molecule has 1 aliphatic rings. The van der Waals surface area contributed by atoms with E-state index in [4.69, 9.17) is 0 Å². The van der Waals surface area contributed by atoms with Crippen LogP contribution in [0, 0.1) is 0 Å². The maximum atomic E-state index is 11.1. The van der Waals surface area contributed by atoms with Crippen LogP contribution in [-0.2, 0) is 14.6 Å². The average Bonchev–Trinajstić information content (AvgIpc) is 1.94. The second-order valence-electron chi connectivity index (χ2n) is 3.12. The van der Waals surface area contributed by atoms with Crippen molar-refractivity contribution in [1.29, 1.82) is 0 Å². The van der Waals surface area contributed by atoms with Gasteiger partial charge >= 0.3 is 0 Å². The summed E-state index contributed by atoms with van der Waals surface area (Å²) in [7, 11) is -2.84. The van der Waals surface area contributed by atoms with Crippen molar-refractivity contribution in [3.05, 3.63) is 0 Å². The van der Waals surface area contributed by atoms with Crippen LogP contribution in [0.25, 0.3) is 0 Å². The Morgan fingerprint density at radius 2 is 2.25 bits per heavy atom. The monoisotopic (exact) mass is 191 g/mol. The highest BCUT2D eigenvalue weighted by molar-refractivity contribution is 7.91. The standard InChI is InChI=1S/C7H13NO3S/c1-7-6-12(10,11)5-3-8(7)2-4-9/h4,7H,2-3,5-6H2,1H3. The molecule has 70 valence electrons. The lowest BCUT2D eigenvalue weighted by Crippen LogP contribution is -2.47. The van der Waals surface area contributed by atoms with E-state index >= 15 is 0 Å². The van der Waals surface area contributed by atoms with Gasteiger partial charge in [-0.05, 0) is 6.92 Å². The zero-order valence-corrected chi connectivity index (χ0v) is 7.88. The number of carbonyl (C=O) groups is 1. The van der Waals surface area contributed by atoms with E-state index in [1.807, 2.05) is 11.8 Å². The largest absolute Gasteiger partial charge is 0.302 e. The molecule has 0 aromatic carbocycles. The molecule has 0 amide bonds. The molecular weight excluding hydrogens is 178 g/mol. The van der Waals surface area contributed by atoms with Gasteiger partial charge in [-0.2, -0.15) is 0 Å². The van der Waals surface area contributed by atoms with E-state index in [0.29, 0.717) is 13.1 Å². The highest BCUT2D eigenvalue weighted by Gasteiger charge is 2.27. The molecule has 1 saturated heterocycles. The van der Waals surface area contributed by atoms with Gasteiger partial charge in [0.1, 0.15) is 6.29 Å². The molecule has 0 N–H and O–H groups in total. The van der Waals surface area contributed by atoms with Crippen molar-refractivity contribution in [3.8, 4) is 0 Å². The molecule has 5 heteroatoms. The first-order chi connectivity index (χ1) is 5.55. The van der Waals surface area contributed by atoms with Gasteiger partial charge in [-0.3, -0.25) is 4.90 Å². The van der Waals surface area contributed by atoms with Crippen LogP contribution in [-0.4, -0.2) is 50.2 Å². The van der Waals surface area contributed by atoms with E-state index in [9.17, 15) is 13.2 Å². The molecule has 0 aromatic rings. The predicted molar refractivity (Wildman–Crippen MR) is 45.8 cm³/mol. The molecule has 1 heterocycles. The highest BCUT2D eigenvalue weighted by atomic mass is 32.2. The van der Waals surface area contributed by atoms with Gasteiger partial charge in [-0.25, -0.2) is 8.42 Å². The van der Waals surface area contributed by atoms with Gasteiger partial charge in [0.25, 0.3) is 0 Å². The maximum absolute atomic E-state index is 11.1. The predicted octanol–water partition coefficient (Wildman–Crippen LogP) is -0.696. The molecule has 0 saturated carbocycles. The molecule has 4 nitrogen and oxygen atoms in total. The van der Waals surface area contributed by atoms with Gasteiger partial charge in [-0.15, -0.1) is 0 Å². The van der Waals surface area contributed by atoms with Crippen molar-refractivity contribution in [2.75, 3.05) is 24.6 Å². The molecule has 1 atom stereocenters. The van der Waals surface area contributed by atoms with E-state index in [-0.39, 0.29) is 17.5 Å². The van der Waals surface area contributed by atoms with Crippen molar-refractivity contribution in [1.82, 2.24) is 4.90 Å². The SMILES string of the molecule is CC1CS(=O)(=O)CCN1CC=O. The van der Waals surface area contributed by atoms with Crippen LogP contribution < -0.4 is 0 Å². The Morgan fingerprint density at radius 1 is 1.58 bits per heavy atom. The normalized spacial score (nSPS) is 29.9. The number of aldehydes is 1. The van der Waals surface area contributed by atoms with Gasteiger partial charge in [0, 0.05) is 12.6 Å². The quantitative estimate of drug-likeness (QED) is 0.542. The van der Waals surface area contributed by atoms with Crippen molar-refractivity contribution in [3.63, 3.8) is 0 Å². The molecule has 0 bridgehead atoms. The first-order valence-corrected chi connectivity index (χ1v) is 5.75. The van der Waals surface area contributed by atoms with Crippen molar-refractivity contribution in [2.24, 2.45) is 0 Å². The number of sulfone groups is 1. The number of carbonyl (C=O) groups excluding carboxylic acids is 1.